The van der Waals surface area contributed by atoms with E-state index in [0.717, 1.165) is 48.2 Å². The number of nitrogens with zero attached hydrogens (tertiary/aromatic N) is 3. The Hall–Kier alpha value is -2.70. The Labute approximate surface area is 146 Å². The van der Waals surface area contributed by atoms with Gasteiger partial charge >= 0.3 is 0 Å². The predicted molar refractivity (Wildman–Crippen MR) is 96.8 cm³/mol. The van der Waals surface area contributed by atoms with Crippen molar-refractivity contribution in [3.05, 3.63) is 40.1 Å². The third-order valence-corrected chi connectivity index (χ3v) is 4.61. The van der Waals surface area contributed by atoms with Crippen LogP contribution < -0.4 is 10.2 Å². The van der Waals surface area contributed by atoms with E-state index in [0.29, 0.717) is 12.5 Å². The summed E-state index contributed by atoms with van der Waals surface area (Å²) in [5.41, 5.74) is 2.72. The molecule has 7 heteroatoms. The quantitative estimate of drug-likeness (QED) is 0.682. The average Bonchev–Trinajstić information content (AvgIpc) is 2.59. The van der Waals surface area contributed by atoms with Gasteiger partial charge < -0.3 is 10.2 Å². The molecule has 0 aliphatic carbocycles. The molecular formula is C18H22N4O3. The number of nitrogens with one attached hydrogen (secondary N) is 1. The largest absolute Gasteiger partial charge is 0.371 e. The monoisotopic (exact) mass is 342 g/mol. The summed E-state index contributed by atoms with van der Waals surface area (Å²) in [6, 6.07) is 6.80. The van der Waals surface area contributed by atoms with Gasteiger partial charge in [0, 0.05) is 55.5 Å². The van der Waals surface area contributed by atoms with Gasteiger partial charge in [0.2, 0.25) is 5.91 Å². The molecule has 1 fully saturated rings. The number of benzene rings is 1. The van der Waals surface area contributed by atoms with Crippen molar-refractivity contribution in [1.29, 1.82) is 0 Å². The van der Waals surface area contributed by atoms with Gasteiger partial charge in [-0.05, 0) is 37.8 Å². The van der Waals surface area contributed by atoms with Crippen molar-refractivity contribution in [3.8, 4) is 0 Å². The maximum Gasteiger partial charge on any atom is 0.270 e. The first-order chi connectivity index (χ1) is 11.9. The molecule has 1 aromatic carbocycles. The van der Waals surface area contributed by atoms with E-state index in [1.165, 1.54) is 13.0 Å². The van der Waals surface area contributed by atoms with Crippen molar-refractivity contribution in [3.63, 3.8) is 0 Å². The second-order valence-corrected chi connectivity index (χ2v) is 6.63. The van der Waals surface area contributed by atoms with Crippen molar-refractivity contribution >= 4 is 28.2 Å². The lowest BCUT2D eigenvalue weighted by molar-refractivity contribution is -0.384. The highest BCUT2D eigenvalue weighted by molar-refractivity contribution is 5.93. The minimum Gasteiger partial charge on any atom is -0.371 e. The molecule has 1 aliphatic heterocycles. The van der Waals surface area contributed by atoms with Crippen LogP contribution in [0.4, 0.5) is 11.4 Å². The minimum absolute atomic E-state index is 0.0158. The van der Waals surface area contributed by atoms with Crippen LogP contribution >= 0.6 is 0 Å². The number of piperidine rings is 1. The molecule has 132 valence electrons. The fraction of sp³-hybridized carbons (Fsp3) is 0.444. The Morgan fingerprint density at radius 2 is 2.24 bits per heavy atom. The summed E-state index contributed by atoms with van der Waals surface area (Å²) in [6.07, 6.45) is 2.10. The van der Waals surface area contributed by atoms with Crippen LogP contribution in [0.25, 0.3) is 10.9 Å². The van der Waals surface area contributed by atoms with E-state index in [1.807, 2.05) is 13.0 Å². The number of nitro groups is 1. The number of carbonyl (C=O) groups excluding carboxylic acids is 1. The number of amides is 1. The van der Waals surface area contributed by atoms with Gasteiger partial charge in [-0.2, -0.15) is 0 Å². The highest BCUT2D eigenvalue weighted by Crippen LogP contribution is 2.32. The molecule has 0 saturated carbocycles. The van der Waals surface area contributed by atoms with Gasteiger partial charge in [0.05, 0.1) is 10.4 Å². The van der Waals surface area contributed by atoms with Gasteiger partial charge in [-0.1, -0.05) is 0 Å². The van der Waals surface area contributed by atoms with Gasteiger partial charge in [-0.3, -0.25) is 19.9 Å². The van der Waals surface area contributed by atoms with Gasteiger partial charge in [0.15, 0.2) is 0 Å². The zero-order valence-corrected chi connectivity index (χ0v) is 14.5. The minimum atomic E-state index is -0.376. The predicted octanol–water partition coefficient (Wildman–Crippen LogP) is 2.80. The van der Waals surface area contributed by atoms with Crippen LogP contribution in [-0.2, 0) is 4.79 Å². The number of nitro benzene ring substituents is 1. The van der Waals surface area contributed by atoms with E-state index in [4.69, 9.17) is 0 Å². The molecule has 1 saturated heterocycles. The van der Waals surface area contributed by atoms with Gasteiger partial charge in [-0.15, -0.1) is 0 Å². The smallest absolute Gasteiger partial charge is 0.270 e. The molecule has 1 aromatic heterocycles. The van der Waals surface area contributed by atoms with E-state index in [1.54, 1.807) is 12.1 Å². The molecule has 7 nitrogen and oxygen atoms in total. The third kappa shape index (κ3) is 3.87. The first kappa shape index (κ1) is 17.1. The number of pyridine rings is 1. The van der Waals surface area contributed by atoms with E-state index in [-0.39, 0.29) is 16.5 Å². The Bertz CT molecular complexity index is 821. The second kappa shape index (κ2) is 7.04. The molecule has 1 atom stereocenters. The topological polar surface area (TPSA) is 88.4 Å². The molecule has 0 spiro atoms. The van der Waals surface area contributed by atoms with Crippen LogP contribution in [0.3, 0.4) is 0 Å². The molecule has 0 bridgehead atoms. The SMILES string of the molecule is CC(=O)NC[C@@H]1CCCN(c2cc(C)nc3ccc([N+](=O)[O-])cc23)C1. The summed E-state index contributed by atoms with van der Waals surface area (Å²) in [5, 5.41) is 14.8. The third-order valence-electron chi connectivity index (χ3n) is 4.61. The Balaban J connectivity index is 1.94. The Morgan fingerprint density at radius 1 is 1.44 bits per heavy atom. The number of fused-ring (bicyclic) bond motifs is 1. The van der Waals surface area contributed by atoms with Gasteiger partial charge in [-0.25, -0.2) is 0 Å². The van der Waals surface area contributed by atoms with Gasteiger partial charge in [0.1, 0.15) is 0 Å². The maximum atomic E-state index is 11.2. The number of anilines is 1. The van der Waals surface area contributed by atoms with E-state index >= 15 is 0 Å². The normalized spacial score (nSPS) is 17.5. The molecule has 2 heterocycles. The zero-order valence-electron chi connectivity index (χ0n) is 14.5. The summed E-state index contributed by atoms with van der Waals surface area (Å²) in [4.78, 5) is 28.7. The number of aromatic nitrogens is 1. The van der Waals surface area contributed by atoms with Crippen molar-refractivity contribution in [1.82, 2.24) is 10.3 Å². The molecular weight excluding hydrogens is 320 g/mol. The molecule has 2 aromatic rings. The van der Waals surface area contributed by atoms with Crippen LogP contribution in [-0.4, -0.2) is 35.4 Å². The van der Waals surface area contributed by atoms with Crippen LogP contribution in [0.15, 0.2) is 24.3 Å². The molecule has 3 rings (SSSR count). The molecule has 25 heavy (non-hydrogen) atoms. The lowest BCUT2D eigenvalue weighted by Crippen LogP contribution is -2.40. The Kier molecular flexibility index (Phi) is 4.83. The van der Waals surface area contributed by atoms with Crippen LogP contribution in [0, 0.1) is 23.0 Å². The molecule has 0 unspecified atom stereocenters. The fourth-order valence-electron chi connectivity index (χ4n) is 3.44. The molecule has 0 radical (unpaired) electrons. The van der Waals surface area contributed by atoms with Crippen LogP contribution in [0.2, 0.25) is 0 Å². The molecule has 1 N–H and O–H groups in total. The van der Waals surface area contributed by atoms with Crippen molar-refractivity contribution in [2.24, 2.45) is 5.92 Å². The van der Waals surface area contributed by atoms with Crippen molar-refractivity contribution in [2.75, 3.05) is 24.5 Å². The summed E-state index contributed by atoms with van der Waals surface area (Å²) in [6.45, 7) is 5.84. The van der Waals surface area contributed by atoms with E-state index < -0.39 is 0 Å². The number of carbonyl (C=O) groups is 1. The summed E-state index contributed by atoms with van der Waals surface area (Å²) < 4.78 is 0. The first-order valence-electron chi connectivity index (χ1n) is 8.49. The van der Waals surface area contributed by atoms with Crippen molar-refractivity contribution in [2.45, 2.75) is 26.7 Å². The summed E-state index contributed by atoms with van der Waals surface area (Å²) >= 11 is 0. The van der Waals surface area contributed by atoms with E-state index in [9.17, 15) is 14.9 Å². The van der Waals surface area contributed by atoms with Gasteiger partial charge in [0.25, 0.3) is 5.69 Å². The number of rotatable bonds is 4. The molecule has 1 aliphatic rings. The zero-order chi connectivity index (χ0) is 18.0. The average molecular weight is 342 g/mol. The first-order valence-corrected chi connectivity index (χ1v) is 8.49. The summed E-state index contributed by atoms with van der Waals surface area (Å²) in [5.74, 6) is 0.359. The highest BCUT2D eigenvalue weighted by atomic mass is 16.6. The Morgan fingerprint density at radius 3 is 2.96 bits per heavy atom. The number of aryl methyl sites for hydroxylation is 1. The second-order valence-electron chi connectivity index (χ2n) is 6.63. The van der Waals surface area contributed by atoms with Crippen LogP contribution in [0.1, 0.15) is 25.5 Å². The maximum absolute atomic E-state index is 11.2. The highest BCUT2D eigenvalue weighted by Gasteiger charge is 2.23. The van der Waals surface area contributed by atoms with Crippen LogP contribution in [0.5, 0.6) is 0 Å². The lowest BCUT2D eigenvalue weighted by Gasteiger charge is -2.35. The fourth-order valence-corrected chi connectivity index (χ4v) is 3.44. The lowest BCUT2D eigenvalue weighted by atomic mass is 9.96. The molecule has 1 amide bonds. The number of hydrogen-bond donors (Lipinski definition) is 1. The summed E-state index contributed by atoms with van der Waals surface area (Å²) in [7, 11) is 0. The number of non-ortho nitro benzene ring substituents is 1. The van der Waals surface area contributed by atoms with E-state index in [2.05, 4.69) is 15.2 Å². The van der Waals surface area contributed by atoms with Crippen molar-refractivity contribution < 1.29 is 9.72 Å². The standard InChI is InChI=1S/C18H22N4O3/c1-12-8-18(16-9-15(22(24)25)5-6-17(16)20-12)21-7-3-4-14(11-21)10-19-13(2)23/h5-6,8-9,14H,3-4,7,10-11H2,1-2H3,(H,19,23)/t14-/m0/s1. The number of hydrogen-bond acceptors (Lipinski definition) is 5.